The summed E-state index contributed by atoms with van der Waals surface area (Å²) in [5.74, 6) is 0.898. The molecule has 7 heteroatoms. The first kappa shape index (κ1) is 13.6. The van der Waals surface area contributed by atoms with E-state index < -0.39 is 0 Å². The molecule has 0 aliphatic rings. The molecule has 3 rings (SSSR count). The van der Waals surface area contributed by atoms with Crippen LogP contribution in [0.5, 0.6) is 5.75 Å². The Bertz CT molecular complexity index is 803. The molecule has 6 nitrogen and oxygen atoms in total. The van der Waals surface area contributed by atoms with E-state index in [1.165, 1.54) is 11.3 Å². The van der Waals surface area contributed by atoms with Gasteiger partial charge in [-0.15, -0.1) is 0 Å². The lowest BCUT2D eigenvalue weighted by atomic mass is 10.2. The molecule has 2 aromatic heterocycles. The van der Waals surface area contributed by atoms with Gasteiger partial charge >= 0.3 is 0 Å². The Morgan fingerprint density at radius 2 is 2.19 bits per heavy atom. The predicted octanol–water partition coefficient (Wildman–Crippen LogP) is 3.16. The number of benzene rings is 1. The molecule has 0 saturated carbocycles. The van der Waals surface area contributed by atoms with Crippen molar-refractivity contribution in [3.05, 3.63) is 35.2 Å². The summed E-state index contributed by atoms with van der Waals surface area (Å²) < 4.78 is 11.2. The lowest BCUT2D eigenvalue weighted by molar-refractivity contribution is 0.102. The van der Waals surface area contributed by atoms with Crippen molar-refractivity contribution in [2.45, 2.75) is 13.8 Å². The van der Waals surface area contributed by atoms with Crippen LogP contribution in [0.25, 0.3) is 10.2 Å². The molecule has 0 spiro atoms. The average Bonchev–Trinajstić information content (AvgIpc) is 3.01. The minimum absolute atomic E-state index is 0.274. The van der Waals surface area contributed by atoms with E-state index in [0.29, 0.717) is 27.9 Å². The van der Waals surface area contributed by atoms with E-state index in [-0.39, 0.29) is 5.91 Å². The molecule has 0 radical (unpaired) electrons. The first-order valence-electron chi connectivity index (χ1n) is 6.28. The molecule has 3 aromatic rings. The van der Waals surface area contributed by atoms with Gasteiger partial charge in [-0.2, -0.15) is 0 Å². The molecule has 0 saturated heterocycles. The summed E-state index contributed by atoms with van der Waals surface area (Å²) in [5, 5.41) is 7.07. The zero-order chi connectivity index (χ0) is 15.0. The largest absolute Gasteiger partial charge is 0.494 e. The quantitative estimate of drug-likeness (QED) is 0.804. The van der Waals surface area contributed by atoms with Gasteiger partial charge in [-0.3, -0.25) is 10.1 Å². The van der Waals surface area contributed by atoms with Gasteiger partial charge in [0.25, 0.3) is 5.91 Å². The van der Waals surface area contributed by atoms with E-state index in [2.05, 4.69) is 15.5 Å². The number of rotatable bonds is 3. The number of hydrogen-bond donors (Lipinski definition) is 1. The normalized spacial score (nSPS) is 10.8. The topological polar surface area (TPSA) is 77.2 Å². The fourth-order valence-corrected chi connectivity index (χ4v) is 2.99. The zero-order valence-corrected chi connectivity index (χ0v) is 12.6. The van der Waals surface area contributed by atoms with Gasteiger partial charge in [-0.05, 0) is 26.0 Å². The van der Waals surface area contributed by atoms with E-state index >= 15 is 0 Å². The van der Waals surface area contributed by atoms with Crippen molar-refractivity contribution in [2.75, 3.05) is 12.4 Å². The van der Waals surface area contributed by atoms with Gasteiger partial charge in [0.15, 0.2) is 5.13 Å². The Balaban J connectivity index is 1.94. The van der Waals surface area contributed by atoms with Crippen LogP contribution in [0.2, 0.25) is 0 Å². The minimum atomic E-state index is -0.274. The van der Waals surface area contributed by atoms with Gasteiger partial charge in [0.05, 0.1) is 17.5 Å². The van der Waals surface area contributed by atoms with Crippen LogP contribution >= 0.6 is 11.3 Å². The summed E-state index contributed by atoms with van der Waals surface area (Å²) in [7, 11) is 1.59. The van der Waals surface area contributed by atoms with Crippen molar-refractivity contribution in [1.29, 1.82) is 0 Å². The molecule has 1 aromatic carbocycles. The number of hydrogen-bond acceptors (Lipinski definition) is 6. The number of aryl methyl sites for hydroxylation is 2. The van der Waals surface area contributed by atoms with Crippen LogP contribution in [0, 0.1) is 13.8 Å². The van der Waals surface area contributed by atoms with E-state index in [4.69, 9.17) is 9.26 Å². The Hall–Kier alpha value is -2.41. The number of nitrogens with zero attached hydrogens (tertiary/aromatic N) is 2. The van der Waals surface area contributed by atoms with Crippen LogP contribution in [0.1, 0.15) is 21.8 Å². The maximum atomic E-state index is 12.3. The van der Waals surface area contributed by atoms with Gasteiger partial charge < -0.3 is 9.26 Å². The van der Waals surface area contributed by atoms with Gasteiger partial charge in [0, 0.05) is 0 Å². The van der Waals surface area contributed by atoms with Crippen molar-refractivity contribution in [3.8, 4) is 5.75 Å². The van der Waals surface area contributed by atoms with Crippen molar-refractivity contribution < 1.29 is 14.1 Å². The third-order valence-electron chi connectivity index (χ3n) is 3.08. The summed E-state index contributed by atoms with van der Waals surface area (Å²) in [5.41, 5.74) is 1.74. The van der Waals surface area contributed by atoms with E-state index in [1.54, 1.807) is 21.0 Å². The number of amides is 1. The van der Waals surface area contributed by atoms with Crippen molar-refractivity contribution >= 4 is 32.6 Å². The van der Waals surface area contributed by atoms with Crippen molar-refractivity contribution in [2.24, 2.45) is 0 Å². The number of methoxy groups -OCH3 is 1. The average molecular weight is 303 g/mol. The molecule has 0 aliphatic heterocycles. The molecular weight excluding hydrogens is 290 g/mol. The number of carbonyl (C=O) groups is 1. The molecule has 0 unspecified atom stereocenters. The SMILES string of the molecule is COc1cccc2sc(NC(=O)c3c(C)noc3C)nc12. The van der Waals surface area contributed by atoms with Crippen LogP contribution in [0.4, 0.5) is 5.13 Å². The number of fused-ring (bicyclic) bond motifs is 1. The second-order valence-electron chi connectivity index (χ2n) is 4.48. The highest BCUT2D eigenvalue weighted by atomic mass is 32.1. The first-order valence-corrected chi connectivity index (χ1v) is 7.09. The highest BCUT2D eigenvalue weighted by molar-refractivity contribution is 7.22. The van der Waals surface area contributed by atoms with Gasteiger partial charge in [0.2, 0.25) is 0 Å². The van der Waals surface area contributed by atoms with E-state index in [9.17, 15) is 4.79 Å². The lowest BCUT2D eigenvalue weighted by Gasteiger charge is -2.00. The Kier molecular flexibility index (Phi) is 3.34. The molecular formula is C14H13N3O3S. The summed E-state index contributed by atoms with van der Waals surface area (Å²) in [4.78, 5) is 16.7. The van der Waals surface area contributed by atoms with Gasteiger partial charge in [-0.25, -0.2) is 4.98 Å². The smallest absolute Gasteiger partial charge is 0.262 e. The highest BCUT2D eigenvalue weighted by Gasteiger charge is 2.19. The molecule has 0 bridgehead atoms. The van der Waals surface area contributed by atoms with Crippen LogP contribution in [0.3, 0.4) is 0 Å². The molecule has 0 atom stereocenters. The minimum Gasteiger partial charge on any atom is -0.494 e. The fraction of sp³-hybridized carbons (Fsp3) is 0.214. The Labute approximate surface area is 124 Å². The number of aromatic nitrogens is 2. The van der Waals surface area contributed by atoms with Gasteiger partial charge in [-0.1, -0.05) is 22.6 Å². The Morgan fingerprint density at radius 1 is 1.38 bits per heavy atom. The molecule has 108 valence electrons. The molecule has 1 amide bonds. The molecule has 0 aliphatic carbocycles. The summed E-state index contributed by atoms with van der Waals surface area (Å²) in [6.07, 6.45) is 0. The number of nitrogens with one attached hydrogen (secondary N) is 1. The maximum absolute atomic E-state index is 12.3. The van der Waals surface area contributed by atoms with Gasteiger partial charge in [0.1, 0.15) is 22.6 Å². The number of para-hydroxylation sites is 1. The molecule has 2 heterocycles. The van der Waals surface area contributed by atoms with Crippen molar-refractivity contribution in [3.63, 3.8) is 0 Å². The zero-order valence-electron chi connectivity index (χ0n) is 11.8. The summed E-state index contributed by atoms with van der Waals surface area (Å²) >= 11 is 1.39. The number of thiazole rings is 1. The summed E-state index contributed by atoms with van der Waals surface area (Å²) in [6, 6.07) is 5.66. The Morgan fingerprint density at radius 3 is 2.86 bits per heavy atom. The number of ether oxygens (including phenoxy) is 1. The predicted molar refractivity (Wildman–Crippen MR) is 80.1 cm³/mol. The van der Waals surface area contributed by atoms with Crippen LogP contribution in [-0.4, -0.2) is 23.2 Å². The second-order valence-corrected chi connectivity index (χ2v) is 5.51. The van der Waals surface area contributed by atoms with Crippen LogP contribution < -0.4 is 10.1 Å². The molecule has 0 fully saturated rings. The first-order chi connectivity index (χ1) is 10.1. The fourth-order valence-electron chi connectivity index (χ4n) is 2.11. The standard InChI is InChI=1S/C14H13N3O3S/c1-7-11(8(2)20-17-7)13(18)16-14-15-12-9(19-3)5-4-6-10(12)21-14/h4-6H,1-3H3,(H,15,16,18). The van der Waals surface area contributed by atoms with Crippen molar-refractivity contribution in [1.82, 2.24) is 10.1 Å². The number of carbonyl (C=O) groups excluding carboxylic acids is 1. The monoisotopic (exact) mass is 303 g/mol. The highest BCUT2D eigenvalue weighted by Crippen LogP contribution is 2.32. The summed E-state index contributed by atoms with van der Waals surface area (Å²) in [6.45, 7) is 3.43. The lowest BCUT2D eigenvalue weighted by Crippen LogP contribution is -2.13. The third kappa shape index (κ3) is 2.36. The molecule has 21 heavy (non-hydrogen) atoms. The second kappa shape index (κ2) is 5.17. The maximum Gasteiger partial charge on any atom is 0.262 e. The number of anilines is 1. The van der Waals surface area contributed by atoms with Crippen LogP contribution in [0.15, 0.2) is 22.7 Å². The van der Waals surface area contributed by atoms with E-state index in [1.807, 2.05) is 18.2 Å². The van der Waals surface area contributed by atoms with Crippen LogP contribution in [-0.2, 0) is 0 Å². The molecule has 1 N–H and O–H groups in total. The van der Waals surface area contributed by atoms with E-state index in [0.717, 1.165) is 10.2 Å². The third-order valence-corrected chi connectivity index (χ3v) is 4.02.